The molecular formula is C26H31ClN6O. The van der Waals surface area contributed by atoms with E-state index in [4.69, 9.17) is 16.6 Å². The predicted octanol–water partition coefficient (Wildman–Crippen LogP) is 4.58. The van der Waals surface area contributed by atoms with Crippen LogP contribution in [0, 0.1) is 5.92 Å². The zero-order chi connectivity index (χ0) is 23.5. The Morgan fingerprint density at radius 1 is 1.24 bits per heavy atom. The molecule has 0 radical (unpaired) electrons. The van der Waals surface area contributed by atoms with Crippen LogP contribution in [-0.4, -0.2) is 69.4 Å². The van der Waals surface area contributed by atoms with Gasteiger partial charge in [0.15, 0.2) is 0 Å². The largest absolute Gasteiger partial charge is 0.360 e. The van der Waals surface area contributed by atoms with Gasteiger partial charge in [-0.25, -0.2) is 9.97 Å². The average molecular weight is 479 g/mol. The Bertz CT molecular complexity index is 1170. The fourth-order valence-electron chi connectivity index (χ4n) is 5.31. The summed E-state index contributed by atoms with van der Waals surface area (Å²) in [6.45, 7) is 8.12. The molecule has 1 aliphatic heterocycles. The van der Waals surface area contributed by atoms with Crippen molar-refractivity contribution in [2.75, 3.05) is 38.0 Å². The molecule has 1 amide bonds. The molecule has 34 heavy (non-hydrogen) atoms. The minimum Gasteiger partial charge on any atom is -0.360 e. The summed E-state index contributed by atoms with van der Waals surface area (Å²) in [5.74, 6) is 1.30. The minimum absolute atomic E-state index is 0.0385. The van der Waals surface area contributed by atoms with E-state index in [0.717, 1.165) is 67.7 Å². The van der Waals surface area contributed by atoms with E-state index in [0.29, 0.717) is 22.9 Å². The molecule has 2 fully saturated rings. The number of aromatic nitrogens is 3. The van der Waals surface area contributed by atoms with Crippen LogP contribution < -0.4 is 5.32 Å². The summed E-state index contributed by atoms with van der Waals surface area (Å²) in [5, 5.41) is 5.23. The number of amides is 1. The van der Waals surface area contributed by atoms with Gasteiger partial charge in [-0.05, 0) is 37.3 Å². The third-order valence-electron chi connectivity index (χ3n) is 7.08. The molecule has 0 unspecified atom stereocenters. The second kappa shape index (κ2) is 10.2. The molecule has 178 valence electrons. The molecule has 1 aliphatic carbocycles. The van der Waals surface area contributed by atoms with Crippen molar-refractivity contribution in [1.82, 2.24) is 24.8 Å². The van der Waals surface area contributed by atoms with Crippen molar-refractivity contribution in [2.45, 2.75) is 31.7 Å². The summed E-state index contributed by atoms with van der Waals surface area (Å²) in [6.07, 6.45) is 9.72. The van der Waals surface area contributed by atoms with Gasteiger partial charge in [0.2, 0.25) is 11.9 Å². The first kappa shape index (κ1) is 22.9. The third-order valence-corrected chi connectivity index (χ3v) is 7.36. The molecule has 5 rings (SSSR count). The standard InChI is InChI=1S/C26H31ClN6O/c1-2-24(34)33-12-10-32(11-13-33)17-18-6-5-7-19(14-18)30-26-29-16-22(27)25(31-26)21-15-28-23-9-4-3-8-20(21)23/h2-4,8-9,15-16,18-19,28H,1,5-7,10-14,17H2,(H,29,30,31)/t18-,19+/m0/s1. The van der Waals surface area contributed by atoms with E-state index in [2.05, 4.69) is 32.8 Å². The molecule has 1 saturated carbocycles. The van der Waals surface area contributed by atoms with E-state index >= 15 is 0 Å². The molecule has 2 aromatic heterocycles. The lowest BCUT2D eigenvalue weighted by Gasteiger charge is -2.38. The van der Waals surface area contributed by atoms with Crippen LogP contribution in [0.4, 0.5) is 5.95 Å². The average Bonchev–Trinajstić information content (AvgIpc) is 3.29. The van der Waals surface area contributed by atoms with Crippen LogP contribution in [0.3, 0.4) is 0 Å². The molecule has 1 saturated heterocycles. The highest BCUT2D eigenvalue weighted by atomic mass is 35.5. The number of hydrogen-bond donors (Lipinski definition) is 2. The maximum Gasteiger partial charge on any atom is 0.246 e. The van der Waals surface area contributed by atoms with Crippen LogP contribution in [0.5, 0.6) is 0 Å². The quantitative estimate of drug-likeness (QED) is 0.507. The lowest BCUT2D eigenvalue weighted by atomic mass is 9.85. The van der Waals surface area contributed by atoms with Crippen molar-refractivity contribution in [3.05, 3.63) is 54.3 Å². The fraction of sp³-hybridized carbons (Fsp3) is 0.423. The van der Waals surface area contributed by atoms with Crippen LogP contribution in [-0.2, 0) is 4.79 Å². The van der Waals surface area contributed by atoms with Gasteiger partial charge >= 0.3 is 0 Å². The van der Waals surface area contributed by atoms with Crippen molar-refractivity contribution in [2.24, 2.45) is 5.92 Å². The van der Waals surface area contributed by atoms with Gasteiger partial charge in [-0.15, -0.1) is 0 Å². The van der Waals surface area contributed by atoms with Gasteiger partial charge in [0.25, 0.3) is 0 Å². The number of hydrogen-bond acceptors (Lipinski definition) is 5. The molecule has 0 bridgehead atoms. The van der Waals surface area contributed by atoms with Crippen molar-refractivity contribution < 1.29 is 4.79 Å². The topological polar surface area (TPSA) is 77.2 Å². The van der Waals surface area contributed by atoms with Gasteiger partial charge in [0.1, 0.15) is 0 Å². The summed E-state index contributed by atoms with van der Waals surface area (Å²) in [6, 6.07) is 8.50. The second-order valence-corrected chi connectivity index (χ2v) is 9.75. The van der Waals surface area contributed by atoms with Gasteiger partial charge in [0.05, 0.1) is 16.9 Å². The molecule has 8 heteroatoms. The lowest BCUT2D eigenvalue weighted by Crippen LogP contribution is -2.49. The maximum atomic E-state index is 11.8. The van der Waals surface area contributed by atoms with Gasteiger partial charge in [-0.1, -0.05) is 42.8 Å². The van der Waals surface area contributed by atoms with Gasteiger partial charge in [0, 0.05) is 61.4 Å². The molecule has 2 aliphatic rings. The minimum atomic E-state index is 0.0385. The summed E-state index contributed by atoms with van der Waals surface area (Å²) in [4.78, 5) is 28.8. The number of anilines is 1. The van der Waals surface area contributed by atoms with Crippen molar-refractivity contribution in [3.63, 3.8) is 0 Å². The highest BCUT2D eigenvalue weighted by molar-refractivity contribution is 6.33. The van der Waals surface area contributed by atoms with Crippen LogP contribution >= 0.6 is 11.6 Å². The van der Waals surface area contributed by atoms with E-state index in [9.17, 15) is 4.79 Å². The smallest absolute Gasteiger partial charge is 0.246 e. The SMILES string of the molecule is C=CC(=O)N1CCN(C[C@H]2CCC[C@@H](Nc3ncc(Cl)c(-c4c[nH]c5ccccc45)n3)C2)CC1. The van der Waals surface area contributed by atoms with E-state index < -0.39 is 0 Å². The molecule has 7 nitrogen and oxygen atoms in total. The number of carbonyl (C=O) groups excluding carboxylic acids is 1. The molecular weight excluding hydrogens is 448 g/mol. The number of halogens is 1. The number of nitrogens with zero attached hydrogens (tertiary/aromatic N) is 4. The first-order chi connectivity index (χ1) is 16.6. The lowest BCUT2D eigenvalue weighted by molar-refractivity contribution is -0.127. The van der Waals surface area contributed by atoms with E-state index in [-0.39, 0.29) is 5.91 Å². The monoisotopic (exact) mass is 478 g/mol. The van der Waals surface area contributed by atoms with Crippen molar-refractivity contribution in [3.8, 4) is 11.3 Å². The molecule has 0 spiro atoms. The van der Waals surface area contributed by atoms with Gasteiger partial charge in [-0.2, -0.15) is 0 Å². The number of para-hydroxylation sites is 1. The zero-order valence-electron chi connectivity index (χ0n) is 19.3. The molecule has 3 heterocycles. The number of nitrogens with one attached hydrogen (secondary N) is 2. The number of rotatable bonds is 6. The van der Waals surface area contributed by atoms with Crippen LogP contribution in [0.25, 0.3) is 22.2 Å². The third kappa shape index (κ3) is 4.95. The highest BCUT2D eigenvalue weighted by Crippen LogP contribution is 2.33. The number of H-pyrrole nitrogens is 1. The molecule has 2 atom stereocenters. The number of aromatic amines is 1. The summed E-state index contributed by atoms with van der Waals surface area (Å²) in [5.41, 5.74) is 2.80. The molecule has 1 aromatic carbocycles. The summed E-state index contributed by atoms with van der Waals surface area (Å²) < 4.78 is 0. The Hall–Kier alpha value is -2.90. The van der Waals surface area contributed by atoms with E-state index in [1.54, 1.807) is 6.20 Å². The Kier molecular flexibility index (Phi) is 6.83. The van der Waals surface area contributed by atoms with E-state index in [1.807, 2.05) is 29.3 Å². The van der Waals surface area contributed by atoms with E-state index in [1.165, 1.54) is 18.9 Å². The van der Waals surface area contributed by atoms with Gasteiger partial charge < -0.3 is 15.2 Å². The summed E-state index contributed by atoms with van der Waals surface area (Å²) in [7, 11) is 0. The number of fused-ring (bicyclic) bond motifs is 1. The number of benzene rings is 1. The predicted molar refractivity (Wildman–Crippen MR) is 137 cm³/mol. The van der Waals surface area contributed by atoms with Gasteiger partial charge in [-0.3, -0.25) is 9.69 Å². The highest BCUT2D eigenvalue weighted by Gasteiger charge is 2.27. The first-order valence-electron chi connectivity index (χ1n) is 12.1. The molecule has 3 aromatic rings. The Morgan fingerprint density at radius 3 is 2.88 bits per heavy atom. The fourth-order valence-corrected chi connectivity index (χ4v) is 5.50. The second-order valence-electron chi connectivity index (χ2n) is 9.34. The normalized spacial score (nSPS) is 21.5. The Morgan fingerprint density at radius 2 is 2.06 bits per heavy atom. The van der Waals surface area contributed by atoms with Crippen molar-refractivity contribution >= 4 is 34.4 Å². The number of piperazine rings is 1. The first-order valence-corrected chi connectivity index (χ1v) is 12.5. The summed E-state index contributed by atoms with van der Waals surface area (Å²) >= 11 is 6.50. The number of carbonyl (C=O) groups is 1. The van der Waals surface area contributed by atoms with Crippen LogP contribution in [0.15, 0.2) is 49.3 Å². The van der Waals surface area contributed by atoms with Crippen LogP contribution in [0.1, 0.15) is 25.7 Å². The van der Waals surface area contributed by atoms with Crippen LogP contribution in [0.2, 0.25) is 5.02 Å². The Balaban J connectivity index is 1.22. The Labute approximate surface area is 205 Å². The maximum absolute atomic E-state index is 11.8. The van der Waals surface area contributed by atoms with Crippen molar-refractivity contribution in [1.29, 1.82) is 0 Å². The zero-order valence-corrected chi connectivity index (χ0v) is 20.1. The molecule has 2 N–H and O–H groups in total.